The zero-order chi connectivity index (χ0) is 26.7. The Labute approximate surface area is 204 Å². The molecular formula is C23H15F7N6O. The summed E-state index contributed by atoms with van der Waals surface area (Å²) in [6.07, 6.45) is 0.448. The zero-order valence-electron chi connectivity index (χ0n) is 18.5. The summed E-state index contributed by atoms with van der Waals surface area (Å²) in [4.78, 5) is 23.9. The van der Waals surface area contributed by atoms with Crippen LogP contribution in [0.25, 0.3) is 11.1 Å². The first kappa shape index (κ1) is 25.7. The Morgan fingerprint density at radius 1 is 1.00 bits per heavy atom. The summed E-state index contributed by atoms with van der Waals surface area (Å²) < 4.78 is 93.5. The molecule has 0 aliphatic carbocycles. The predicted molar refractivity (Wildman–Crippen MR) is 115 cm³/mol. The number of nitrogens with zero attached hydrogens (tertiary/aromatic N) is 5. The van der Waals surface area contributed by atoms with Crippen LogP contribution in [-0.2, 0) is 23.8 Å². The van der Waals surface area contributed by atoms with E-state index in [4.69, 9.17) is 0 Å². The van der Waals surface area contributed by atoms with Gasteiger partial charge in [-0.1, -0.05) is 0 Å². The molecule has 0 bridgehead atoms. The average Bonchev–Trinajstić information content (AvgIpc) is 3.30. The van der Waals surface area contributed by atoms with Crippen LogP contribution in [0.4, 0.5) is 36.6 Å². The highest BCUT2D eigenvalue weighted by atomic mass is 19.4. The molecule has 1 aromatic carbocycles. The maximum absolute atomic E-state index is 14.7. The minimum atomic E-state index is -4.65. The number of nitrogens with one attached hydrogen (secondary N) is 1. The van der Waals surface area contributed by atoms with Crippen molar-refractivity contribution in [3.63, 3.8) is 0 Å². The van der Waals surface area contributed by atoms with Crippen LogP contribution in [0.5, 0.6) is 0 Å². The average molecular weight is 524 g/mol. The minimum absolute atomic E-state index is 0.0820. The van der Waals surface area contributed by atoms with Crippen molar-refractivity contribution in [3.05, 3.63) is 89.4 Å². The first-order chi connectivity index (χ1) is 17.5. The molecule has 3 aromatic heterocycles. The number of carbonyl (C=O) groups is 1. The van der Waals surface area contributed by atoms with E-state index in [0.29, 0.717) is 16.3 Å². The van der Waals surface area contributed by atoms with Gasteiger partial charge in [-0.15, -0.1) is 0 Å². The second-order valence-corrected chi connectivity index (χ2v) is 7.75. The number of anilines is 1. The summed E-state index contributed by atoms with van der Waals surface area (Å²) in [5.74, 6) is -2.89. The number of aromatic nitrogens is 5. The normalized spacial score (nSPS) is 11.7. The number of halogens is 7. The Hall–Kier alpha value is -4.36. The molecule has 0 atom stereocenters. The van der Waals surface area contributed by atoms with E-state index in [9.17, 15) is 35.5 Å². The second-order valence-electron chi connectivity index (χ2n) is 7.75. The fourth-order valence-corrected chi connectivity index (χ4v) is 3.32. The summed E-state index contributed by atoms with van der Waals surface area (Å²) in [5.41, 5.74) is -1.02. The van der Waals surface area contributed by atoms with E-state index in [1.54, 1.807) is 0 Å². The largest absolute Gasteiger partial charge is 0.416 e. The van der Waals surface area contributed by atoms with Gasteiger partial charge in [0.1, 0.15) is 23.3 Å². The van der Waals surface area contributed by atoms with Crippen LogP contribution >= 0.6 is 0 Å². The highest BCUT2D eigenvalue weighted by Gasteiger charge is 2.31. The molecule has 14 heteroatoms. The van der Waals surface area contributed by atoms with E-state index in [1.807, 2.05) is 0 Å². The quantitative estimate of drug-likeness (QED) is 0.336. The van der Waals surface area contributed by atoms with Gasteiger partial charge < -0.3 is 5.32 Å². The molecule has 0 saturated carbocycles. The number of carbonyl (C=O) groups excluding carboxylic acids is 1. The number of hydrogen-bond acceptors (Lipinski definition) is 5. The lowest BCUT2D eigenvalue weighted by Gasteiger charge is -2.10. The molecule has 37 heavy (non-hydrogen) atoms. The summed E-state index contributed by atoms with van der Waals surface area (Å²) in [7, 11) is 0. The van der Waals surface area contributed by atoms with Gasteiger partial charge in [-0.2, -0.15) is 27.1 Å². The van der Waals surface area contributed by atoms with Crippen LogP contribution in [0, 0.1) is 11.6 Å². The molecular weight excluding hydrogens is 509 g/mol. The zero-order valence-corrected chi connectivity index (χ0v) is 18.5. The molecule has 0 fully saturated rings. The lowest BCUT2D eigenvalue weighted by Crippen LogP contribution is -2.17. The predicted octanol–water partition coefficient (Wildman–Crippen LogP) is 5.20. The highest BCUT2D eigenvalue weighted by molar-refractivity contribution is 5.91. The third-order valence-electron chi connectivity index (χ3n) is 5.08. The van der Waals surface area contributed by atoms with Gasteiger partial charge in [0, 0.05) is 47.9 Å². The van der Waals surface area contributed by atoms with Crippen LogP contribution in [0.1, 0.15) is 29.1 Å². The molecule has 0 spiro atoms. The highest BCUT2D eigenvalue weighted by Crippen LogP contribution is 2.30. The standard InChI is InChI=1S/C23H15F7N6O/c24-17-7-16(14-9-32-19(33-10-14)3-12-8-34-36(11-12)22(26)27)18(25)4-13(17)5-21(37)35-20-6-15(1-2-31-20)23(28,29)30/h1-2,4,6-11,22H,3,5H2,(H,31,35,37). The summed E-state index contributed by atoms with van der Waals surface area (Å²) >= 11 is 0. The van der Waals surface area contributed by atoms with Crippen molar-refractivity contribution < 1.29 is 35.5 Å². The Balaban J connectivity index is 1.45. The fourth-order valence-electron chi connectivity index (χ4n) is 3.32. The van der Waals surface area contributed by atoms with Gasteiger partial charge in [0.15, 0.2) is 0 Å². The van der Waals surface area contributed by atoms with Gasteiger partial charge in [-0.3, -0.25) is 4.79 Å². The van der Waals surface area contributed by atoms with E-state index >= 15 is 0 Å². The molecule has 0 unspecified atom stereocenters. The molecule has 3 heterocycles. The Bertz CT molecular complexity index is 1420. The first-order valence-corrected chi connectivity index (χ1v) is 10.4. The van der Waals surface area contributed by atoms with Crippen molar-refractivity contribution in [1.82, 2.24) is 24.7 Å². The van der Waals surface area contributed by atoms with Crippen LogP contribution in [0.15, 0.2) is 55.2 Å². The van der Waals surface area contributed by atoms with Gasteiger partial charge in [0.25, 0.3) is 0 Å². The minimum Gasteiger partial charge on any atom is -0.310 e. The van der Waals surface area contributed by atoms with Gasteiger partial charge in [0.2, 0.25) is 5.91 Å². The Kier molecular flexibility index (Phi) is 7.18. The first-order valence-electron chi connectivity index (χ1n) is 10.4. The van der Waals surface area contributed by atoms with Crippen molar-refractivity contribution in [1.29, 1.82) is 0 Å². The number of rotatable bonds is 7. The number of benzene rings is 1. The van der Waals surface area contributed by atoms with Crippen molar-refractivity contribution in [3.8, 4) is 11.1 Å². The molecule has 1 N–H and O–H groups in total. The van der Waals surface area contributed by atoms with Crippen molar-refractivity contribution >= 4 is 11.7 Å². The van der Waals surface area contributed by atoms with Gasteiger partial charge >= 0.3 is 12.7 Å². The van der Waals surface area contributed by atoms with Crippen molar-refractivity contribution in [2.75, 3.05) is 5.32 Å². The lowest BCUT2D eigenvalue weighted by atomic mass is 10.0. The molecule has 192 valence electrons. The molecule has 4 rings (SSSR count). The van der Waals surface area contributed by atoms with E-state index in [-0.39, 0.29) is 28.9 Å². The summed E-state index contributed by atoms with van der Waals surface area (Å²) in [5, 5.41) is 5.63. The lowest BCUT2D eigenvalue weighted by molar-refractivity contribution is -0.137. The van der Waals surface area contributed by atoms with E-state index in [2.05, 4.69) is 25.4 Å². The van der Waals surface area contributed by atoms with Gasteiger partial charge in [0.05, 0.1) is 18.2 Å². The molecule has 0 aliphatic rings. The number of alkyl halides is 5. The maximum atomic E-state index is 14.7. The number of amides is 1. The third-order valence-corrected chi connectivity index (χ3v) is 5.08. The van der Waals surface area contributed by atoms with Crippen molar-refractivity contribution in [2.24, 2.45) is 0 Å². The topological polar surface area (TPSA) is 85.6 Å². The third kappa shape index (κ3) is 6.26. The molecule has 4 aromatic rings. The smallest absolute Gasteiger partial charge is 0.310 e. The molecule has 1 amide bonds. The van der Waals surface area contributed by atoms with E-state index < -0.39 is 48.1 Å². The Morgan fingerprint density at radius 3 is 2.38 bits per heavy atom. The second kappa shape index (κ2) is 10.3. The van der Waals surface area contributed by atoms with E-state index in [1.165, 1.54) is 18.6 Å². The van der Waals surface area contributed by atoms with Gasteiger partial charge in [-0.25, -0.2) is 28.4 Å². The molecule has 0 aliphatic heterocycles. The fraction of sp³-hybridized carbons (Fsp3) is 0.174. The van der Waals surface area contributed by atoms with E-state index in [0.717, 1.165) is 30.6 Å². The van der Waals surface area contributed by atoms with Crippen LogP contribution in [0.2, 0.25) is 0 Å². The van der Waals surface area contributed by atoms with Gasteiger partial charge in [-0.05, 0) is 29.8 Å². The summed E-state index contributed by atoms with van der Waals surface area (Å²) in [6.45, 7) is -2.79. The monoisotopic (exact) mass is 524 g/mol. The summed E-state index contributed by atoms with van der Waals surface area (Å²) in [6, 6.07) is 2.97. The maximum Gasteiger partial charge on any atom is 0.416 e. The number of hydrogen-bond donors (Lipinski definition) is 1. The SMILES string of the molecule is O=C(Cc1cc(F)c(-c2cnc(Cc3cnn(C(F)F)c3)nc2)cc1F)Nc1cc(C(F)(F)F)ccn1. The Morgan fingerprint density at radius 2 is 1.73 bits per heavy atom. The number of pyridine rings is 1. The van der Waals surface area contributed by atoms with Crippen LogP contribution in [-0.4, -0.2) is 30.6 Å². The van der Waals surface area contributed by atoms with Crippen LogP contribution < -0.4 is 5.32 Å². The molecule has 7 nitrogen and oxygen atoms in total. The molecule has 0 saturated heterocycles. The van der Waals surface area contributed by atoms with Crippen molar-refractivity contribution in [2.45, 2.75) is 25.6 Å². The van der Waals surface area contributed by atoms with Crippen LogP contribution in [0.3, 0.4) is 0 Å². The molecule has 0 radical (unpaired) electrons.